The molecule has 0 fully saturated rings. The molecule has 0 aliphatic rings. The minimum atomic E-state index is -0.777. The standard InChI is InChI=1S/C14H21NO3/c1-18-11-5-9-15(12-14(16)17)10-8-13-6-3-2-4-7-13/h2-4,6-7H,5,8-12H2,1H3,(H,16,17). The van der Waals surface area contributed by atoms with Gasteiger partial charge in [-0.2, -0.15) is 0 Å². The molecule has 4 nitrogen and oxygen atoms in total. The molecule has 0 aromatic heterocycles. The van der Waals surface area contributed by atoms with Crippen molar-refractivity contribution in [1.29, 1.82) is 0 Å². The lowest BCUT2D eigenvalue weighted by atomic mass is 10.1. The molecule has 100 valence electrons. The van der Waals surface area contributed by atoms with Crippen LogP contribution in [0.1, 0.15) is 12.0 Å². The van der Waals surface area contributed by atoms with Gasteiger partial charge in [-0.1, -0.05) is 30.3 Å². The van der Waals surface area contributed by atoms with Crippen LogP contribution in [-0.2, 0) is 16.0 Å². The van der Waals surface area contributed by atoms with Crippen molar-refractivity contribution in [3.63, 3.8) is 0 Å². The maximum Gasteiger partial charge on any atom is 0.317 e. The van der Waals surface area contributed by atoms with Crippen LogP contribution in [0.25, 0.3) is 0 Å². The van der Waals surface area contributed by atoms with E-state index in [4.69, 9.17) is 9.84 Å². The first-order chi connectivity index (χ1) is 8.72. The molecule has 1 N–H and O–H groups in total. The Morgan fingerprint density at radius 1 is 1.28 bits per heavy atom. The van der Waals surface area contributed by atoms with Gasteiger partial charge in [0.2, 0.25) is 0 Å². The highest BCUT2D eigenvalue weighted by molar-refractivity contribution is 5.69. The van der Waals surface area contributed by atoms with Gasteiger partial charge in [0.15, 0.2) is 0 Å². The van der Waals surface area contributed by atoms with Crippen molar-refractivity contribution in [3.8, 4) is 0 Å². The monoisotopic (exact) mass is 251 g/mol. The minimum Gasteiger partial charge on any atom is -0.480 e. The average Bonchev–Trinajstić information content (AvgIpc) is 2.37. The van der Waals surface area contributed by atoms with Gasteiger partial charge in [-0.05, 0) is 18.4 Å². The Balaban J connectivity index is 2.37. The van der Waals surface area contributed by atoms with Gasteiger partial charge in [-0.15, -0.1) is 0 Å². The zero-order valence-corrected chi connectivity index (χ0v) is 10.8. The van der Waals surface area contributed by atoms with E-state index < -0.39 is 5.97 Å². The van der Waals surface area contributed by atoms with Crippen LogP contribution in [0.5, 0.6) is 0 Å². The molecule has 0 radical (unpaired) electrons. The number of hydrogen-bond acceptors (Lipinski definition) is 3. The second kappa shape index (κ2) is 8.66. The number of benzene rings is 1. The Morgan fingerprint density at radius 3 is 2.61 bits per heavy atom. The van der Waals surface area contributed by atoms with Crippen LogP contribution in [0, 0.1) is 0 Å². The van der Waals surface area contributed by atoms with E-state index in [1.54, 1.807) is 7.11 Å². The average molecular weight is 251 g/mol. The van der Waals surface area contributed by atoms with Gasteiger partial charge in [-0.3, -0.25) is 9.69 Å². The predicted molar refractivity (Wildman–Crippen MR) is 70.7 cm³/mol. The topological polar surface area (TPSA) is 49.8 Å². The molecule has 0 unspecified atom stereocenters. The Hall–Kier alpha value is -1.39. The van der Waals surface area contributed by atoms with E-state index in [0.29, 0.717) is 6.61 Å². The normalized spacial score (nSPS) is 10.8. The van der Waals surface area contributed by atoms with Gasteiger partial charge >= 0.3 is 5.97 Å². The number of carbonyl (C=O) groups is 1. The van der Waals surface area contributed by atoms with Gasteiger partial charge in [0.25, 0.3) is 0 Å². The maximum absolute atomic E-state index is 10.8. The number of aliphatic carboxylic acids is 1. The van der Waals surface area contributed by atoms with Crippen LogP contribution in [0.2, 0.25) is 0 Å². The van der Waals surface area contributed by atoms with Crippen LogP contribution >= 0.6 is 0 Å². The number of methoxy groups -OCH3 is 1. The summed E-state index contributed by atoms with van der Waals surface area (Å²) >= 11 is 0. The number of nitrogens with zero attached hydrogens (tertiary/aromatic N) is 1. The maximum atomic E-state index is 10.8. The number of carboxylic acid groups (broad SMARTS) is 1. The van der Waals surface area contributed by atoms with Crippen LogP contribution in [0.15, 0.2) is 30.3 Å². The van der Waals surface area contributed by atoms with E-state index >= 15 is 0 Å². The highest BCUT2D eigenvalue weighted by Gasteiger charge is 2.09. The molecule has 0 atom stereocenters. The second-order valence-electron chi connectivity index (χ2n) is 4.25. The highest BCUT2D eigenvalue weighted by Crippen LogP contribution is 2.02. The highest BCUT2D eigenvalue weighted by atomic mass is 16.5. The number of rotatable bonds is 9. The number of carboxylic acids is 1. The van der Waals surface area contributed by atoms with E-state index in [2.05, 4.69) is 12.1 Å². The summed E-state index contributed by atoms with van der Waals surface area (Å²) in [5, 5.41) is 8.86. The van der Waals surface area contributed by atoms with E-state index in [1.807, 2.05) is 23.1 Å². The second-order valence-corrected chi connectivity index (χ2v) is 4.25. The predicted octanol–water partition coefficient (Wildman–Crippen LogP) is 1.65. The van der Waals surface area contributed by atoms with Crippen molar-refractivity contribution in [2.45, 2.75) is 12.8 Å². The summed E-state index contributed by atoms with van der Waals surface area (Å²) in [7, 11) is 1.66. The molecule has 1 rings (SSSR count). The molecule has 0 saturated heterocycles. The molecule has 18 heavy (non-hydrogen) atoms. The molecule has 0 aliphatic carbocycles. The minimum absolute atomic E-state index is 0.0938. The zero-order chi connectivity index (χ0) is 13.2. The van der Waals surface area contributed by atoms with Crippen LogP contribution in [-0.4, -0.2) is 49.3 Å². The molecule has 0 aliphatic heterocycles. The summed E-state index contributed by atoms with van der Waals surface area (Å²) in [5.41, 5.74) is 1.24. The molecule has 4 heteroatoms. The lowest BCUT2D eigenvalue weighted by Crippen LogP contribution is -2.33. The Bertz CT molecular complexity index is 340. The number of hydrogen-bond donors (Lipinski definition) is 1. The summed E-state index contributed by atoms with van der Waals surface area (Å²) in [4.78, 5) is 12.7. The van der Waals surface area contributed by atoms with Crippen molar-refractivity contribution in [2.75, 3.05) is 33.4 Å². The first kappa shape index (κ1) is 14.7. The molecule has 1 aromatic carbocycles. The zero-order valence-electron chi connectivity index (χ0n) is 10.8. The van der Waals surface area contributed by atoms with E-state index in [-0.39, 0.29) is 6.54 Å². The lowest BCUT2D eigenvalue weighted by Gasteiger charge is -2.19. The van der Waals surface area contributed by atoms with E-state index in [0.717, 1.165) is 25.9 Å². The van der Waals surface area contributed by atoms with Crippen LogP contribution in [0.4, 0.5) is 0 Å². The van der Waals surface area contributed by atoms with Gasteiger partial charge < -0.3 is 9.84 Å². The van der Waals surface area contributed by atoms with Crippen molar-refractivity contribution in [3.05, 3.63) is 35.9 Å². The summed E-state index contributed by atoms with van der Waals surface area (Å²) in [6, 6.07) is 10.1. The van der Waals surface area contributed by atoms with Gasteiger partial charge in [-0.25, -0.2) is 0 Å². The Kier molecular flexibility index (Phi) is 7.06. The molecule has 0 saturated carbocycles. The first-order valence-corrected chi connectivity index (χ1v) is 6.19. The summed E-state index contributed by atoms with van der Waals surface area (Å²) in [6.07, 6.45) is 1.74. The van der Waals surface area contributed by atoms with Crippen LogP contribution in [0.3, 0.4) is 0 Å². The molecule has 1 aromatic rings. The van der Waals surface area contributed by atoms with E-state index in [1.165, 1.54) is 5.56 Å². The Labute approximate surface area is 108 Å². The molecule has 0 heterocycles. The van der Waals surface area contributed by atoms with E-state index in [9.17, 15) is 4.79 Å². The molecule has 0 amide bonds. The third-order valence-corrected chi connectivity index (χ3v) is 2.74. The molecule has 0 spiro atoms. The summed E-state index contributed by atoms with van der Waals surface area (Å²) in [6.45, 7) is 2.28. The first-order valence-electron chi connectivity index (χ1n) is 6.19. The Morgan fingerprint density at radius 2 is 2.00 bits per heavy atom. The fourth-order valence-electron chi connectivity index (χ4n) is 1.83. The molecule has 0 bridgehead atoms. The molecular weight excluding hydrogens is 230 g/mol. The third kappa shape index (κ3) is 6.37. The third-order valence-electron chi connectivity index (χ3n) is 2.74. The SMILES string of the molecule is COCCCN(CCc1ccccc1)CC(=O)O. The van der Waals surface area contributed by atoms with Gasteiger partial charge in [0.1, 0.15) is 0 Å². The van der Waals surface area contributed by atoms with Crippen molar-refractivity contribution in [2.24, 2.45) is 0 Å². The quantitative estimate of drug-likeness (QED) is 0.678. The van der Waals surface area contributed by atoms with Crippen molar-refractivity contribution >= 4 is 5.97 Å². The smallest absolute Gasteiger partial charge is 0.317 e. The summed E-state index contributed by atoms with van der Waals surface area (Å²) < 4.78 is 4.99. The fourth-order valence-corrected chi connectivity index (χ4v) is 1.83. The molecular formula is C14H21NO3. The fraction of sp³-hybridized carbons (Fsp3) is 0.500. The lowest BCUT2D eigenvalue weighted by molar-refractivity contribution is -0.138. The van der Waals surface area contributed by atoms with Crippen molar-refractivity contribution < 1.29 is 14.6 Å². The number of ether oxygens (including phenoxy) is 1. The van der Waals surface area contributed by atoms with Crippen molar-refractivity contribution in [1.82, 2.24) is 4.90 Å². The van der Waals surface area contributed by atoms with Crippen LogP contribution < -0.4 is 0 Å². The van der Waals surface area contributed by atoms with Gasteiger partial charge in [0.05, 0.1) is 6.54 Å². The summed E-state index contributed by atoms with van der Waals surface area (Å²) in [5.74, 6) is -0.777. The van der Waals surface area contributed by atoms with Gasteiger partial charge in [0, 0.05) is 26.8 Å². The largest absolute Gasteiger partial charge is 0.480 e.